The van der Waals surface area contributed by atoms with Crippen LogP contribution in [-0.2, 0) is 49.5 Å². The molecule has 0 radical (unpaired) electrons. The first kappa shape index (κ1) is 31.7. The lowest BCUT2D eigenvalue weighted by atomic mass is 9.74. The highest BCUT2D eigenvalue weighted by Gasteiger charge is 2.44. The van der Waals surface area contributed by atoms with Crippen molar-refractivity contribution in [2.45, 2.75) is 62.7 Å². The highest BCUT2D eigenvalue weighted by atomic mass is 79.9. The molecule has 1 aliphatic carbocycles. The van der Waals surface area contributed by atoms with Crippen LogP contribution >= 0.6 is 27.7 Å². The van der Waals surface area contributed by atoms with Gasteiger partial charge in [-0.25, -0.2) is 4.98 Å². The van der Waals surface area contributed by atoms with Gasteiger partial charge in [-0.05, 0) is 81.9 Å². The summed E-state index contributed by atoms with van der Waals surface area (Å²) in [4.78, 5) is 12.3. The van der Waals surface area contributed by atoms with Crippen LogP contribution in [0.15, 0.2) is 107 Å². The summed E-state index contributed by atoms with van der Waals surface area (Å²) in [6.07, 6.45) is 5.70. The van der Waals surface area contributed by atoms with E-state index in [4.69, 9.17) is 24.2 Å². The van der Waals surface area contributed by atoms with Crippen molar-refractivity contribution in [1.82, 2.24) is 9.97 Å². The van der Waals surface area contributed by atoms with Gasteiger partial charge in [-0.3, -0.25) is 0 Å². The Kier molecular flexibility index (Phi) is 9.52. The number of nitrogens with zero attached hydrogens (tertiary/aromatic N) is 3. The fourth-order valence-electron chi connectivity index (χ4n) is 6.79. The second kappa shape index (κ2) is 14.1. The van der Waals surface area contributed by atoms with E-state index in [0.29, 0.717) is 30.7 Å². The van der Waals surface area contributed by atoms with Gasteiger partial charge in [-0.1, -0.05) is 90.6 Å². The molecule has 240 valence electrons. The minimum absolute atomic E-state index is 0.399. The third kappa shape index (κ3) is 6.77. The summed E-state index contributed by atoms with van der Waals surface area (Å²) in [5.41, 5.74) is 8.81. The zero-order valence-corrected chi connectivity index (χ0v) is 29.1. The number of benzene rings is 4. The van der Waals surface area contributed by atoms with E-state index in [0.717, 1.165) is 59.4 Å². The second-order valence-electron chi connectivity index (χ2n) is 12.2. The number of aromatic nitrogens is 2. The Hall–Kier alpha value is -3.85. The van der Waals surface area contributed by atoms with Gasteiger partial charge in [0.15, 0.2) is 5.16 Å². The first-order valence-electron chi connectivity index (χ1n) is 16.0. The monoisotopic (exact) mass is 707 g/mol. The largest absolute Gasteiger partial charge is 0.497 e. The molecule has 7 rings (SSSR count). The number of anilines is 1. The quantitative estimate of drug-likeness (QED) is 0.106. The van der Waals surface area contributed by atoms with Crippen molar-refractivity contribution in [1.29, 1.82) is 0 Å². The Morgan fingerprint density at radius 3 is 2.23 bits per heavy atom. The Morgan fingerprint density at radius 2 is 1.57 bits per heavy atom. The molecular weight excluding hydrogens is 670 g/mol. The van der Waals surface area contributed by atoms with E-state index < -0.39 is 5.60 Å². The molecule has 0 fully saturated rings. The predicted molar refractivity (Wildman–Crippen MR) is 191 cm³/mol. The molecule has 5 aromatic rings. The van der Waals surface area contributed by atoms with E-state index in [1.54, 1.807) is 7.11 Å². The molecule has 8 heteroatoms. The molecule has 1 spiro atoms. The number of hydrogen-bond donors (Lipinski definition) is 0. The molecular formula is C39H38BrN3O3S. The minimum Gasteiger partial charge on any atom is -0.497 e. The highest BCUT2D eigenvalue weighted by Crippen LogP contribution is 2.50. The molecule has 1 atom stereocenters. The maximum Gasteiger partial charge on any atom is 0.223 e. The first-order chi connectivity index (χ1) is 23.0. The van der Waals surface area contributed by atoms with Gasteiger partial charge in [0.25, 0.3) is 0 Å². The topological polar surface area (TPSA) is 56.7 Å². The standard InChI is InChI=1S/C39H38BrN3O3S/c1-44-31-18-15-29(16-19-31)25-45-37-32-26-46-39(22-33(32)41-38(42-37)47-2)21-9-14-30-17-20-34(36(40)35(30)39)43(23-27-10-5-3-6-11-27)24-28-12-7-4-8-13-28/h3-8,10-13,15-20H,9,14,21-26H2,1-2H3. The first-order valence-corrected chi connectivity index (χ1v) is 18.0. The van der Waals surface area contributed by atoms with E-state index in [1.807, 2.05) is 30.5 Å². The van der Waals surface area contributed by atoms with Gasteiger partial charge in [0.2, 0.25) is 5.88 Å². The smallest absolute Gasteiger partial charge is 0.223 e. The lowest BCUT2D eigenvalue weighted by Gasteiger charge is -2.43. The van der Waals surface area contributed by atoms with Gasteiger partial charge in [-0.15, -0.1) is 0 Å². The van der Waals surface area contributed by atoms with Crippen molar-refractivity contribution >= 4 is 33.4 Å². The van der Waals surface area contributed by atoms with Gasteiger partial charge in [-0.2, -0.15) is 4.98 Å². The van der Waals surface area contributed by atoms with Crippen molar-refractivity contribution in [3.8, 4) is 11.6 Å². The summed E-state index contributed by atoms with van der Waals surface area (Å²) in [7, 11) is 1.67. The third-order valence-electron chi connectivity index (χ3n) is 9.16. The van der Waals surface area contributed by atoms with Gasteiger partial charge in [0.05, 0.1) is 30.7 Å². The molecule has 0 bridgehead atoms. The molecule has 1 aliphatic heterocycles. The van der Waals surface area contributed by atoms with Crippen LogP contribution in [0.25, 0.3) is 0 Å². The number of methoxy groups -OCH3 is 1. The third-order valence-corrected chi connectivity index (χ3v) is 10.5. The number of hydrogen-bond acceptors (Lipinski definition) is 7. The molecule has 47 heavy (non-hydrogen) atoms. The second-order valence-corrected chi connectivity index (χ2v) is 13.7. The molecule has 4 aromatic carbocycles. The van der Waals surface area contributed by atoms with Gasteiger partial charge < -0.3 is 19.1 Å². The van der Waals surface area contributed by atoms with Crippen molar-refractivity contribution in [3.63, 3.8) is 0 Å². The van der Waals surface area contributed by atoms with E-state index in [1.165, 1.54) is 39.7 Å². The molecule has 2 aliphatic rings. The summed E-state index contributed by atoms with van der Waals surface area (Å²) in [5.74, 6) is 1.42. The number of thioether (sulfide) groups is 1. The Bertz CT molecular complexity index is 1800. The van der Waals surface area contributed by atoms with Crippen LogP contribution < -0.4 is 14.4 Å². The normalized spacial score (nSPS) is 16.7. The predicted octanol–water partition coefficient (Wildman–Crippen LogP) is 9.06. The average Bonchev–Trinajstić information content (AvgIpc) is 3.11. The van der Waals surface area contributed by atoms with Gasteiger partial charge in [0.1, 0.15) is 18.0 Å². The fraction of sp³-hybridized carbons (Fsp3) is 0.282. The maximum atomic E-state index is 6.98. The van der Waals surface area contributed by atoms with Crippen molar-refractivity contribution in [2.24, 2.45) is 0 Å². The number of aryl methyl sites for hydroxylation is 1. The Balaban J connectivity index is 1.23. The van der Waals surface area contributed by atoms with Crippen LogP contribution in [0.3, 0.4) is 0 Å². The number of halogens is 1. The number of fused-ring (bicyclic) bond motifs is 3. The van der Waals surface area contributed by atoms with Crippen LogP contribution in [0.5, 0.6) is 11.6 Å². The number of ether oxygens (including phenoxy) is 3. The SMILES string of the molecule is COc1ccc(COc2nc(SC)nc3c2COC2(CCCc4ccc(N(Cc5ccccc5)Cc5ccccc5)c(Br)c42)C3)cc1. The summed E-state index contributed by atoms with van der Waals surface area (Å²) in [5, 5.41) is 0.714. The summed E-state index contributed by atoms with van der Waals surface area (Å²) >= 11 is 5.70. The van der Waals surface area contributed by atoms with Crippen LogP contribution in [0, 0.1) is 0 Å². The minimum atomic E-state index is -0.488. The Morgan fingerprint density at radius 1 is 0.872 bits per heavy atom. The molecule has 1 unspecified atom stereocenters. The van der Waals surface area contributed by atoms with E-state index in [-0.39, 0.29) is 0 Å². The summed E-state index contributed by atoms with van der Waals surface area (Å²) in [6.45, 7) is 2.39. The van der Waals surface area contributed by atoms with Crippen molar-refractivity contribution in [2.75, 3.05) is 18.3 Å². The maximum absolute atomic E-state index is 6.98. The average molecular weight is 709 g/mol. The molecule has 2 heterocycles. The summed E-state index contributed by atoms with van der Waals surface area (Å²) in [6, 6.07) is 33.9. The van der Waals surface area contributed by atoms with Crippen LogP contribution in [0.4, 0.5) is 5.69 Å². The molecule has 0 saturated heterocycles. The van der Waals surface area contributed by atoms with Crippen molar-refractivity contribution < 1.29 is 14.2 Å². The number of rotatable bonds is 10. The van der Waals surface area contributed by atoms with Crippen LogP contribution in [0.2, 0.25) is 0 Å². The lowest BCUT2D eigenvalue weighted by Crippen LogP contribution is -2.40. The zero-order chi connectivity index (χ0) is 32.2. The van der Waals surface area contributed by atoms with Gasteiger partial charge >= 0.3 is 0 Å². The van der Waals surface area contributed by atoms with E-state index in [9.17, 15) is 0 Å². The molecule has 0 saturated carbocycles. The molecule has 0 N–H and O–H groups in total. The highest BCUT2D eigenvalue weighted by molar-refractivity contribution is 9.10. The van der Waals surface area contributed by atoms with Gasteiger partial charge in [0, 0.05) is 29.5 Å². The van der Waals surface area contributed by atoms with E-state index >= 15 is 0 Å². The van der Waals surface area contributed by atoms with Crippen LogP contribution in [0.1, 0.15) is 51.9 Å². The lowest BCUT2D eigenvalue weighted by molar-refractivity contribution is -0.0872. The van der Waals surface area contributed by atoms with E-state index in [2.05, 4.69) is 93.6 Å². The Labute approximate surface area is 289 Å². The summed E-state index contributed by atoms with van der Waals surface area (Å²) < 4.78 is 19.7. The molecule has 0 amide bonds. The van der Waals surface area contributed by atoms with Crippen molar-refractivity contribution in [3.05, 3.63) is 141 Å². The van der Waals surface area contributed by atoms with Crippen LogP contribution in [-0.4, -0.2) is 23.3 Å². The molecule has 1 aromatic heterocycles. The molecule has 6 nitrogen and oxygen atoms in total. The fourth-order valence-corrected chi connectivity index (χ4v) is 8.16. The zero-order valence-electron chi connectivity index (χ0n) is 26.7.